The van der Waals surface area contributed by atoms with E-state index in [1.165, 1.54) is 27.8 Å². The number of nitrogens with zero attached hydrogens (tertiary/aromatic N) is 3. The molecule has 0 spiro atoms. The standard InChI is InChI=1S/C17H22N4O4S2/c1-2-4-16-19-20-17(26-16)18-12-15(22)13-5-3-6-14(11-13)27(23,24)21-7-9-25-10-8-21/h3,5-6,11H,2,4,7-10,12H2,1H3,(H,18,20). The SMILES string of the molecule is CCCc1nnc(NCC(=O)c2cccc(S(=O)(=O)N3CCOCC3)c2)s1. The van der Waals surface area contributed by atoms with Crippen LogP contribution in [0.1, 0.15) is 28.7 Å². The zero-order valence-electron chi connectivity index (χ0n) is 15.1. The minimum atomic E-state index is -3.63. The fourth-order valence-electron chi connectivity index (χ4n) is 2.66. The van der Waals surface area contributed by atoms with Gasteiger partial charge in [0, 0.05) is 25.1 Å². The number of nitrogens with one attached hydrogen (secondary N) is 1. The van der Waals surface area contributed by atoms with Crippen molar-refractivity contribution < 1.29 is 17.9 Å². The van der Waals surface area contributed by atoms with Gasteiger partial charge >= 0.3 is 0 Å². The van der Waals surface area contributed by atoms with Gasteiger partial charge in [0.25, 0.3) is 0 Å². The second-order valence-corrected chi connectivity index (χ2v) is 9.07. The van der Waals surface area contributed by atoms with Gasteiger partial charge in [0.1, 0.15) is 5.01 Å². The molecule has 0 bridgehead atoms. The summed E-state index contributed by atoms with van der Waals surface area (Å²) in [6.07, 6.45) is 1.84. The largest absolute Gasteiger partial charge is 0.379 e. The van der Waals surface area contributed by atoms with Crippen LogP contribution in [0.2, 0.25) is 0 Å². The lowest BCUT2D eigenvalue weighted by atomic mass is 10.1. The highest BCUT2D eigenvalue weighted by Gasteiger charge is 2.26. The minimum Gasteiger partial charge on any atom is -0.379 e. The van der Waals surface area contributed by atoms with E-state index >= 15 is 0 Å². The maximum absolute atomic E-state index is 12.7. The highest BCUT2D eigenvalue weighted by atomic mass is 32.2. The fraction of sp³-hybridized carbons (Fsp3) is 0.471. The van der Waals surface area contributed by atoms with Crippen molar-refractivity contribution in [3.63, 3.8) is 0 Å². The lowest BCUT2D eigenvalue weighted by molar-refractivity contribution is 0.0730. The van der Waals surface area contributed by atoms with Gasteiger partial charge in [-0.2, -0.15) is 4.31 Å². The molecule has 1 aliphatic heterocycles. The van der Waals surface area contributed by atoms with E-state index in [1.54, 1.807) is 12.1 Å². The van der Waals surface area contributed by atoms with E-state index in [1.807, 2.05) is 0 Å². The number of anilines is 1. The Labute approximate surface area is 162 Å². The molecule has 146 valence electrons. The van der Waals surface area contributed by atoms with Crippen molar-refractivity contribution in [1.82, 2.24) is 14.5 Å². The maximum atomic E-state index is 12.7. The number of aromatic nitrogens is 2. The van der Waals surface area contributed by atoms with Gasteiger partial charge in [0.15, 0.2) is 5.78 Å². The van der Waals surface area contributed by atoms with Crippen LogP contribution in [0.3, 0.4) is 0 Å². The molecular weight excluding hydrogens is 388 g/mol. The van der Waals surface area contributed by atoms with E-state index in [2.05, 4.69) is 22.4 Å². The summed E-state index contributed by atoms with van der Waals surface area (Å²) >= 11 is 1.42. The molecular formula is C17H22N4O4S2. The van der Waals surface area contributed by atoms with Crippen molar-refractivity contribution in [3.05, 3.63) is 34.8 Å². The van der Waals surface area contributed by atoms with Crippen LogP contribution in [0.15, 0.2) is 29.2 Å². The molecule has 0 unspecified atom stereocenters. The minimum absolute atomic E-state index is 0.0296. The molecule has 10 heteroatoms. The average molecular weight is 411 g/mol. The molecule has 2 heterocycles. The number of carbonyl (C=O) groups excluding carboxylic acids is 1. The van der Waals surface area contributed by atoms with Gasteiger partial charge in [-0.3, -0.25) is 4.79 Å². The van der Waals surface area contributed by atoms with Crippen LogP contribution < -0.4 is 5.32 Å². The first-order valence-corrected chi connectivity index (χ1v) is 11.0. The highest BCUT2D eigenvalue weighted by Crippen LogP contribution is 2.20. The van der Waals surface area contributed by atoms with E-state index < -0.39 is 10.0 Å². The average Bonchev–Trinajstić information content (AvgIpc) is 3.15. The Morgan fingerprint density at radius 3 is 2.81 bits per heavy atom. The Hall–Kier alpha value is -1.88. The molecule has 1 fully saturated rings. The third-order valence-corrected chi connectivity index (χ3v) is 6.93. The second kappa shape index (κ2) is 8.87. The molecule has 0 atom stereocenters. The number of ether oxygens (including phenoxy) is 1. The van der Waals surface area contributed by atoms with Gasteiger partial charge < -0.3 is 10.1 Å². The van der Waals surface area contributed by atoms with Crippen LogP contribution in [0.5, 0.6) is 0 Å². The van der Waals surface area contributed by atoms with E-state index in [9.17, 15) is 13.2 Å². The Kier molecular flexibility index (Phi) is 6.53. The summed E-state index contributed by atoms with van der Waals surface area (Å²) in [4.78, 5) is 12.6. The molecule has 27 heavy (non-hydrogen) atoms. The van der Waals surface area contributed by atoms with Crippen LogP contribution in [0.4, 0.5) is 5.13 Å². The van der Waals surface area contributed by atoms with Crippen molar-refractivity contribution in [3.8, 4) is 0 Å². The van der Waals surface area contributed by atoms with Crippen molar-refractivity contribution >= 4 is 32.3 Å². The fourth-order valence-corrected chi connectivity index (χ4v) is 4.96. The zero-order chi connectivity index (χ0) is 19.3. The van der Waals surface area contributed by atoms with Gasteiger partial charge in [-0.1, -0.05) is 30.4 Å². The van der Waals surface area contributed by atoms with E-state index in [-0.39, 0.29) is 17.2 Å². The Morgan fingerprint density at radius 2 is 2.07 bits per heavy atom. The first kappa shape index (κ1) is 19.9. The smallest absolute Gasteiger partial charge is 0.243 e. The van der Waals surface area contributed by atoms with Gasteiger partial charge in [-0.25, -0.2) is 8.42 Å². The zero-order valence-corrected chi connectivity index (χ0v) is 16.7. The molecule has 3 rings (SSSR count). The number of ketones is 1. The second-order valence-electron chi connectivity index (χ2n) is 6.07. The van der Waals surface area contributed by atoms with E-state index in [0.717, 1.165) is 17.8 Å². The number of hydrogen-bond donors (Lipinski definition) is 1. The molecule has 0 amide bonds. The number of aryl methyl sites for hydroxylation is 1. The first-order chi connectivity index (χ1) is 13.0. The molecule has 0 radical (unpaired) electrons. The topological polar surface area (TPSA) is 101 Å². The monoisotopic (exact) mass is 410 g/mol. The Bertz CT molecular complexity index is 892. The van der Waals surface area contributed by atoms with Crippen molar-refractivity contribution in [2.45, 2.75) is 24.7 Å². The number of morpholine rings is 1. The summed E-state index contributed by atoms with van der Waals surface area (Å²) < 4.78 is 32.1. The Balaban J connectivity index is 1.67. The summed E-state index contributed by atoms with van der Waals surface area (Å²) in [6.45, 7) is 3.49. The number of hydrogen-bond acceptors (Lipinski definition) is 8. The molecule has 2 aromatic rings. The van der Waals surface area contributed by atoms with Gasteiger partial charge in [0.05, 0.1) is 24.7 Å². The van der Waals surface area contributed by atoms with Crippen LogP contribution in [0, 0.1) is 0 Å². The predicted molar refractivity (Wildman–Crippen MR) is 103 cm³/mol. The van der Waals surface area contributed by atoms with E-state index in [4.69, 9.17) is 4.74 Å². The van der Waals surface area contributed by atoms with Gasteiger partial charge in [0.2, 0.25) is 15.2 Å². The molecule has 1 aromatic heterocycles. The van der Waals surface area contributed by atoms with Crippen molar-refractivity contribution in [2.24, 2.45) is 0 Å². The number of benzene rings is 1. The molecule has 1 aliphatic rings. The normalized spacial score (nSPS) is 15.6. The molecule has 1 N–H and O–H groups in total. The van der Waals surface area contributed by atoms with Crippen LogP contribution in [-0.4, -0.2) is 61.6 Å². The van der Waals surface area contributed by atoms with Crippen LogP contribution in [-0.2, 0) is 21.2 Å². The van der Waals surface area contributed by atoms with Crippen molar-refractivity contribution in [1.29, 1.82) is 0 Å². The van der Waals surface area contributed by atoms with Crippen molar-refractivity contribution in [2.75, 3.05) is 38.2 Å². The van der Waals surface area contributed by atoms with Gasteiger partial charge in [-0.05, 0) is 18.6 Å². The molecule has 1 aromatic carbocycles. The predicted octanol–water partition coefficient (Wildman–Crippen LogP) is 1.81. The molecule has 8 nitrogen and oxygen atoms in total. The summed E-state index contributed by atoms with van der Waals surface area (Å²) in [5.74, 6) is -0.207. The Morgan fingerprint density at radius 1 is 1.30 bits per heavy atom. The molecule has 1 saturated heterocycles. The third-order valence-electron chi connectivity index (χ3n) is 4.09. The van der Waals surface area contributed by atoms with Crippen LogP contribution >= 0.6 is 11.3 Å². The number of carbonyl (C=O) groups is 1. The van der Waals surface area contributed by atoms with Gasteiger partial charge in [-0.15, -0.1) is 10.2 Å². The number of Topliss-reactive ketones (excluding diaryl/α,β-unsaturated/α-hetero) is 1. The highest BCUT2D eigenvalue weighted by molar-refractivity contribution is 7.89. The summed E-state index contributed by atoms with van der Waals surface area (Å²) in [7, 11) is -3.63. The maximum Gasteiger partial charge on any atom is 0.243 e. The van der Waals surface area contributed by atoms with Crippen LogP contribution in [0.25, 0.3) is 0 Å². The molecule has 0 aliphatic carbocycles. The lowest BCUT2D eigenvalue weighted by Gasteiger charge is -2.26. The summed E-state index contributed by atoms with van der Waals surface area (Å²) in [6, 6.07) is 6.14. The summed E-state index contributed by atoms with van der Waals surface area (Å²) in [5, 5.41) is 12.5. The first-order valence-electron chi connectivity index (χ1n) is 8.78. The lowest BCUT2D eigenvalue weighted by Crippen LogP contribution is -2.40. The third kappa shape index (κ3) is 4.89. The quantitative estimate of drug-likeness (QED) is 0.662. The number of sulfonamides is 1. The summed E-state index contributed by atoms with van der Waals surface area (Å²) in [5.41, 5.74) is 0.343. The van der Waals surface area contributed by atoms with E-state index in [0.29, 0.717) is 37.0 Å². The molecule has 0 saturated carbocycles. The number of rotatable bonds is 8.